The largest absolute Gasteiger partial charge is 0.478 e. The van der Waals surface area contributed by atoms with Crippen molar-refractivity contribution >= 4 is 16.0 Å². The van der Waals surface area contributed by atoms with Crippen LogP contribution < -0.4 is 4.72 Å². The van der Waals surface area contributed by atoms with E-state index >= 15 is 0 Å². The Labute approximate surface area is 123 Å². The summed E-state index contributed by atoms with van der Waals surface area (Å²) in [5.41, 5.74) is -0.641. The van der Waals surface area contributed by atoms with Crippen molar-refractivity contribution in [1.82, 2.24) is 4.72 Å². The Morgan fingerprint density at radius 3 is 2.52 bits per heavy atom. The molecule has 1 aliphatic rings. The van der Waals surface area contributed by atoms with E-state index in [9.17, 15) is 17.6 Å². The van der Waals surface area contributed by atoms with Gasteiger partial charge in [0, 0.05) is 6.04 Å². The van der Waals surface area contributed by atoms with Crippen molar-refractivity contribution in [3.8, 4) is 0 Å². The predicted molar refractivity (Wildman–Crippen MR) is 75.2 cm³/mol. The summed E-state index contributed by atoms with van der Waals surface area (Å²) in [6.07, 6.45) is 3.05. The van der Waals surface area contributed by atoms with E-state index in [4.69, 9.17) is 5.11 Å². The molecule has 0 saturated heterocycles. The molecule has 0 bridgehead atoms. The van der Waals surface area contributed by atoms with Crippen molar-refractivity contribution in [3.63, 3.8) is 0 Å². The van der Waals surface area contributed by atoms with Gasteiger partial charge >= 0.3 is 5.97 Å². The van der Waals surface area contributed by atoms with Crippen molar-refractivity contribution < 1.29 is 22.7 Å². The van der Waals surface area contributed by atoms with E-state index in [0.29, 0.717) is 5.92 Å². The second-order valence-corrected chi connectivity index (χ2v) is 7.22. The molecule has 1 saturated carbocycles. The van der Waals surface area contributed by atoms with Crippen LogP contribution in [0.3, 0.4) is 0 Å². The quantitative estimate of drug-likeness (QED) is 0.873. The van der Waals surface area contributed by atoms with Gasteiger partial charge in [-0.3, -0.25) is 0 Å². The number of nitrogens with one attached hydrogen (secondary N) is 1. The lowest BCUT2D eigenvalue weighted by Crippen LogP contribution is -2.40. The number of halogens is 1. The minimum atomic E-state index is -3.86. The maximum atomic E-state index is 13.7. The molecule has 1 aliphatic carbocycles. The van der Waals surface area contributed by atoms with Gasteiger partial charge in [-0.2, -0.15) is 0 Å². The first kappa shape index (κ1) is 15.9. The van der Waals surface area contributed by atoms with E-state index in [1.54, 1.807) is 6.92 Å². The zero-order valence-corrected chi connectivity index (χ0v) is 12.7. The van der Waals surface area contributed by atoms with E-state index in [1.165, 1.54) is 6.92 Å². The summed E-state index contributed by atoms with van der Waals surface area (Å²) in [6.45, 7) is 3.13. The predicted octanol–water partition coefficient (Wildman–Crippen LogP) is 2.30. The third kappa shape index (κ3) is 3.24. The minimum absolute atomic E-state index is 0.00780. The highest BCUT2D eigenvalue weighted by atomic mass is 32.2. The van der Waals surface area contributed by atoms with E-state index in [1.807, 2.05) is 0 Å². The Bertz CT molecular complexity index is 668. The molecule has 1 fully saturated rings. The molecule has 0 heterocycles. The van der Waals surface area contributed by atoms with Gasteiger partial charge in [0.05, 0.1) is 10.5 Å². The van der Waals surface area contributed by atoms with E-state index in [0.717, 1.165) is 31.4 Å². The average Bonchev–Trinajstić information content (AvgIpc) is 2.28. The molecule has 0 aliphatic heterocycles. The van der Waals surface area contributed by atoms with Crippen molar-refractivity contribution in [2.24, 2.45) is 5.92 Å². The Balaban J connectivity index is 2.33. The first-order valence-electron chi connectivity index (χ1n) is 6.78. The van der Waals surface area contributed by atoms with Crippen LogP contribution in [0.2, 0.25) is 0 Å². The molecule has 0 amide bonds. The summed E-state index contributed by atoms with van der Waals surface area (Å²) in [5, 5.41) is 8.94. The van der Waals surface area contributed by atoms with Crippen LogP contribution in [0.15, 0.2) is 17.0 Å². The van der Waals surface area contributed by atoms with E-state index in [2.05, 4.69) is 4.72 Å². The fraction of sp³-hybridized carbons (Fsp3) is 0.500. The van der Waals surface area contributed by atoms with Crippen molar-refractivity contribution in [2.45, 2.75) is 44.0 Å². The second kappa shape index (κ2) is 5.73. The number of hydrogen-bond donors (Lipinski definition) is 2. The van der Waals surface area contributed by atoms with Crippen LogP contribution in [0.4, 0.5) is 4.39 Å². The monoisotopic (exact) mass is 315 g/mol. The first-order chi connectivity index (χ1) is 9.72. The van der Waals surface area contributed by atoms with Crippen LogP contribution in [-0.2, 0) is 10.0 Å². The maximum absolute atomic E-state index is 13.7. The highest BCUT2D eigenvalue weighted by Crippen LogP contribution is 2.30. The summed E-state index contributed by atoms with van der Waals surface area (Å²) in [6, 6.07) is 1.79. The summed E-state index contributed by atoms with van der Waals surface area (Å²) in [7, 11) is -3.86. The molecule has 7 heteroatoms. The lowest BCUT2D eigenvalue weighted by Gasteiger charge is -2.31. The molecule has 0 aromatic heterocycles. The Morgan fingerprint density at radius 2 is 2.05 bits per heavy atom. The fourth-order valence-electron chi connectivity index (χ4n) is 2.40. The van der Waals surface area contributed by atoms with Gasteiger partial charge in [0.15, 0.2) is 0 Å². The number of hydrogen-bond acceptors (Lipinski definition) is 3. The van der Waals surface area contributed by atoms with Crippen LogP contribution in [0.1, 0.15) is 42.1 Å². The highest BCUT2D eigenvalue weighted by molar-refractivity contribution is 7.89. The number of carboxylic acids is 1. The van der Waals surface area contributed by atoms with Gasteiger partial charge in [-0.05, 0) is 50.3 Å². The molecule has 0 spiro atoms. The van der Waals surface area contributed by atoms with Gasteiger partial charge in [-0.15, -0.1) is 0 Å². The summed E-state index contributed by atoms with van der Waals surface area (Å²) in [5.74, 6) is -2.09. The van der Waals surface area contributed by atoms with E-state index in [-0.39, 0.29) is 16.5 Å². The zero-order valence-electron chi connectivity index (χ0n) is 11.9. The molecular formula is C14H18FNO4S. The Morgan fingerprint density at radius 1 is 1.43 bits per heavy atom. The maximum Gasteiger partial charge on any atom is 0.338 e. The number of aryl methyl sites for hydroxylation is 1. The van der Waals surface area contributed by atoms with Crippen LogP contribution >= 0.6 is 0 Å². The molecule has 5 nitrogen and oxygen atoms in total. The number of sulfonamides is 1. The number of aromatic carboxylic acids is 1. The van der Waals surface area contributed by atoms with Gasteiger partial charge in [0.25, 0.3) is 0 Å². The third-order valence-electron chi connectivity index (χ3n) is 3.97. The van der Waals surface area contributed by atoms with Crippen molar-refractivity contribution in [3.05, 3.63) is 29.1 Å². The molecule has 1 atom stereocenters. The second-order valence-electron chi connectivity index (χ2n) is 5.51. The standard InChI is InChI=1S/C14H18FNO4S/c1-8-6-11(7-12(13(8)15)14(17)18)21(19,20)16-9(2)10-4-3-5-10/h6-7,9-10,16H,3-5H2,1-2H3,(H,17,18). The van der Waals surface area contributed by atoms with E-state index < -0.39 is 27.4 Å². The van der Waals surface area contributed by atoms with Gasteiger partial charge < -0.3 is 5.11 Å². The van der Waals surface area contributed by atoms with Crippen LogP contribution in [0, 0.1) is 18.7 Å². The molecule has 2 N–H and O–H groups in total. The Kier molecular flexibility index (Phi) is 4.34. The van der Waals surface area contributed by atoms with Crippen LogP contribution in [0.25, 0.3) is 0 Å². The molecule has 0 radical (unpaired) electrons. The van der Waals surface area contributed by atoms with Gasteiger partial charge in [0.1, 0.15) is 5.82 Å². The molecule has 116 valence electrons. The highest BCUT2D eigenvalue weighted by Gasteiger charge is 2.29. The lowest BCUT2D eigenvalue weighted by atomic mass is 9.81. The lowest BCUT2D eigenvalue weighted by molar-refractivity contribution is 0.0691. The molecule has 1 unspecified atom stereocenters. The number of rotatable bonds is 5. The molecule has 1 aromatic rings. The Hall–Kier alpha value is -1.47. The number of carbonyl (C=O) groups is 1. The molecule has 2 rings (SSSR count). The fourth-order valence-corrected chi connectivity index (χ4v) is 3.82. The summed E-state index contributed by atoms with van der Waals surface area (Å²) in [4.78, 5) is 10.8. The van der Waals surface area contributed by atoms with Gasteiger partial charge in [0.2, 0.25) is 10.0 Å². The van der Waals surface area contributed by atoms with Gasteiger partial charge in [-0.1, -0.05) is 6.42 Å². The number of carboxylic acid groups (broad SMARTS) is 1. The van der Waals surface area contributed by atoms with Crippen molar-refractivity contribution in [1.29, 1.82) is 0 Å². The molecule has 21 heavy (non-hydrogen) atoms. The minimum Gasteiger partial charge on any atom is -0.478 e. The summed E-state index contributed by atoms with van der Waals surface area (Å²) < 4.78 is 40.8. The third-order valence-corrected chi connectivity index (χ3v) is 5.51. The average molecular weight is 315 g/mol. The van der Waals surface area contributed by atoms with Crippen molar-refractivity contribution in [2.75, 3.05) is 0 Å². The molecule has 1 aromatic carbocycles. The summed E-state index contributed by atoms with van der Waals surface area (Å²) >= 11 is 0. The first-order valence-corrected chi connectivity index (χ1v) is 8.26. The van der Waals surface area contributed by atoms with Crippen LogP contribution in [-0.4, -0.2) is 25.5 Å². The van der Waals surface area contributed by atoms with Gasteiger partial charge in [-0.25, -0.2) is 22.3 Å². The normalized spacial score (nSPS) is 17.3. The number of benzene rings is 1. The zero-order chi connectivity index (χ0) is 15.8. The smallest absolute Gasteiger partial charge is 0.338 e. The SMILES string of the molecule is Cc1cc(S(=O)(=O)NC(C)C2CCC2)cc(C(=O)O)c1F. The van der Waals surface area contributed by atoms with Crippen LogP contribution in [0.5, 0.6) is 0 Å². The topological polar surface area (TPSA) is 83.5 Å². The molecular weight excluding hydrogens is 297 g/mol.